The Morgan fingerprint density at radius 1 is 1.14 bits per heavy atom. The number of benzene rings is 2. The quantitative estimate of drug-likeness (QED) is 0.542. The third-order valence-corrected chi connectivity index (χ3v) is 6.03. The number of hydrogen-bond donors (Lipinski definition) is 2. The largest absolute Gasteiger partial charge is 0.444 e. The van der Waals surface area contributed by atoms with Gasteiger partial charge < -0.3 is 20.7 Å². The first-order valence-corrected chi connectivity index (χ1v) is 11.9. The van der Waals surface area contributed by atoms with Crippen LogP contribution in [0.4, 0.5) is 15.3 Å². The summed E-state index contributed by atoms with van der Waals surface area (Å²) in [6.07, 6.45) is 1.18. The van der Waals surface area contributed by atoms with Crippen LogP contribution in [0.3, 0.4) is 0 Å². The Labute approximate surface area is 206 Å². The minimum absolute atomic E-state index is 0.326. The maximum absolute atomic E-state index is 12.9. The predicted octanol–water partition coefficient (Wildman–Crippen LogP) is 5.19. The van der Waals surface area contributed by atoms with Gasteiger partial charge in [-0.1, -0.05) is 37.3 Å². The van der Waals surface area contributed by atoms with Crippen molar-refractivity contribution in [2.45, 2.75) is 59.6 Å². The SMILES string of the molecule is CCc1cccc(C)c1-n1nc2c(c1-c1ccc(NC(N)=O)cc1)CN(C(=O)OC(C)(C)C)CC2. The summed E-state index contributed by atoms with van der Waals surface area (Å²) in [6, 6.07) is 13.2. The number of aromatic nitrogens is 2. The average Bonchev–Trinajstić information content (AvgIpc) is 3.16. The van der Waals surface area contributed by atoms with E-state index < -0.39 is 11.6 Å². The Morgan fingerprint density at radius 2 is 1.86 bits per heavy atom. The predicted molar refractivity (Wildman–Crippen MR) is 137 cm³/mol. The Balaban J connectivity index is 1.84. The first-order valence-electron chi connectivity index (χ1n) is 11.9. The number of rotatable bonds is 4. The molecule has 2 aromatic carbocycles. The lowest BCUT2D eigenvalue weighted by molar-refractivity contribution is 0.0224. The lowest BCUT2D eigenvalue weighted by Gasteiger charge is -2.30. The Kier molecular flexibility index (Phi) is 6.56. The van der Waals surface area contributed by atoms with E-state index in [1.54, 1.807) is 4.90 Å². The fourth-order valence-corrected chi connectivity index (χ4v) is 4.48. The van der Waals surface area contributed by atoms with Crippen molar-refractivity contribution >= 4 is 17.8 Å². The van der Waals surface area contributed by atoms with E-state index in [2.05, 4.69) is 37.4 Å². The number of amides is 3. The lowest BCUT2D eigenvalue weighted by Crippen LogP contribution is -2.39. The molecule has 0 radical (unpaired) electrons. The zero-order chi connectivity index (χ0) is 25.3. The van der Waals surface area contributed by atoms with Gasteiger partial charge in [0.05, 0.1) is 23.6 Å². The fourth-order valence-electron chi connectivity index (χ4n) is 4.48. The van der Waals surface area contributed by atoms with Gasteiger partial charge in [-0.15, -0.1) is 0 Å². The van der Waals surface area contributed by atoms with Gasteiger partial charge in [-0.3, -0.25) is 0 Å². The number of nitrogens with zero attached hydrogens (tertiary/aromatic N) is 3. The summed E-state index contributed by atoms with van der Waals surface area (Å²) in [7, 11) is 0. The Hall–Kier alpha value is -3.81. The van der Waals surface area contributed by atoms with Gasteiger partial charge in [0, 0.05) is 29.8 Å². The van der Waals surface area contributed by atoms with Gasteiger partial charge in [0.2, 0.25) is 0 Å². The van der Waals surface area contributed by atoms with Gasteiger partial charge in [-0.05, 0) is 57.4 Å². The molecule has 1 aliphatic rings. The zero-order valence-corrected chi connectivity index (χ0v) is 21.0. The van der Waals surface area contributed by atoms with Crippen LogP contribution in [0, 0.1) is 6.92 Å². The van der Waals surface area contributed by atoms with E-state index in [1.807, 2.05) is 49.7 Å². The van der Waals surface area contributed by atoms with E-state index in [4.69, 9.17) is 15.6 Å². The highest BCUT2D eigenvalue weighted by molar-refractivity contribution is 5.88. The van der Waals surface area contributed by atoms with Crippen LogP contribution in [0.5, 0.6) is 0 Å². The molecule has 2 heterocycles. The molecule has 0 fully saturated rings. The molecule has 0 bridgehead atoms. The van der Waals surface area contributed by atoms with Gasteiger partial charge in [0.15, 0.2) is 0 Å². The van der Waals surface area contributed by atoms with E-state index >= 15 is 0 Å². The number of aryl methyl sites for hydroxylation is 2. The maximum Gasteiger partial charge on any atom is 0.410 e. The average molecular weight is 476 g/mol. The molecule has 0 unspecified atom stereocenters. The van der Waals surface area contributed by atoms with Crippen molar-refractivity contribution in [3.8, 4) is 16.9 Å². The minimum atomic E-state index is -0.610. The smallest absolute Gasteiger partial charge is 0.410 e. The van der Waals surface area contributed by atoms with Crippen molar-refractivity contribution in [1.82, 2.24) is 14.7 Å². The number of urea groups is 1. The van der Waals surface area contributed by atoms with Crippen LogP contribution in [-0.2, 0) is 24.1 Å². The van der Waals surface area contributed by atoms with E-state index in [1.165, 1.54) is 5.56 Å². The van der Waals surface area contributed by atoms with Crippen LogP contribution < -0.4 is 11.1 Å². The number of carbonyl (C=O) groups is 2. The topological polar surface area (TPSA) is 102 Å². The third-order valence-electron chi connectivity index (χ3n) is 6.03. The monoisotopic (exact) mass is 475 g/mol. The second kappa shape index (κ2) is 9.44. The molecule has 0 atom stereocenters. The van der Waals surface area contributed by atoms with Gasteiger partial charge in [0.25, 0.3) is 0 Å². The summed E-state index contributed by atoms with van der Waals surface area (Å²) >= 11 is 0. The molecule has 0 saturated carbocycles. The summed E-state index contributed by atoms with van der Waals surface area (Å²) in [5, 5.41) is 7.66. The number of primary amides is 1. The molecule has 184 valence electrons. The zero-order valence-electron chi connectivity index (χ0n) is 21.0. The van der Waals surface area contributed by atoms with Gasteiger partial charge >= 0.3 is 12.1 Å². The summed E-state index contributed by atoms with van der Waals surface area (Å²) in [5.74, 6) is 0. The first-order chi connectivity index (χ1) is 16.6. The highest BCUT2D eigenvalue weighted by Gasteiger charge is 2.31. The number of hydrogen-bond acceptors (Lipinski definition) is 4. The number of fused-ring (bicyclic) bond motifs is 1. The number of carbonyl (C=O) groups excluding carboxylic acids is 2. The summed E-state index contributed by atoms with van der Waals surface area (Å²) in [6.45, 7) is 10.8. The van der Waals surface area contributed by atoms with Crippen molar-refractivity contribution in [3.05, 3.63) is 64.8 Å². The second-order valence-electron chi connectivity index (χ2n) is 9.84. The van der Waals surface area contributed by atoms with E-state index in [0.717, 1.165) is 40.2 Å². The summed E-state index contributed by atoms with van der Waals surface area (Å²) in [5.41, 5.74) is 12.5. The summed E-state index contributed by atoms with van der Waals surface area (Å²) in [4.78, 5) is 25.9. The van der Waals surface area contributed by atoms with Crippen molar-refractivity contribution in [2.75, 3.05) is 11.9 Å². The highest BCUT2D eigenvalue weighted by Crippen LogP contribution is 2.35. The van der Waals surface area contributed by atoms with Crippen molar-refractivity contribution < 1.29 is 14.3 Å². The second-order valence-corrected chi connectivity index (χ2v) is 9.84. The van der Waals surface area contributed by atoms with E-state index in [-0.39, 0.29) is 6.09 Å². The van der Waals surface area contributed by atoms with Gasteiger partial charge in [0.1, 0.15) is 5.60 Å². The molecule has 3 N–H and O–H groups in total. The molecular weight excluding hydrogens is 442 g/mol. The molecule has 4 rings (SSSR count). The molecule has 3 amide bonds. The van der Waals surface area contributed by atoms with Crippen LogP contribution in [0.15, 0.2) is 42.5 Å². The van der Waals surface area contributed by atoms with Crippen molar-refractivity contribution in [3.63, 3.8) is 0 Å². The number of anilines is 1. The summed E-state index contributed by atoms with van der Waals surface area (Å²) < 4.78 is 7.67. The molecular formula is C27H33N5O3. The molecule has 8 heteroatoms. The maximum atomic E-state index is 12.9. The number of para-hydroxylation sites is 1. The van der Waals surface area contributed by atoms with Crippen LogP contribution in [0.25, 0.3) is 16.9 Å². The first kappa shape index (κ1) is 24.3. The molecule has 8 nitrogen and oxygen atoms in total. The molecule has 1 aromatic heterocycles. The Morgan fingerprint density at radius 3 is 2.49 bits per heavy atom. The van der Waals surface area contributed by atoms with E-state index in [0.29, 0.717) is 25.2 Å². The number of ether oxygens (including phenoxy) is 1. The third kappa shape index (κ3) is 5.16. The minimum Gasteiger partial charge on any atom is -0.444 e. The highest BCUT2D eigenvalue weighted by atomic mass is 16.6. The van der Waals surface area contributed by atoms with Crippen LogP contribution in [-0.4, -0.2) is 39.0 Å². The number of nitrogens with one attached hydrogen (secondary N) is 1. The van der Waals surface area contributed by atoms with Gasteiger partial charge in [-0.25, -0.2) is 14.3 Å². The normalized spacial score (nSPS) is 13.3. The molecule has 3 aromatic rings. The Bertz CT molecular complexity index is 1260. The van der Waals surface area contributed by atoms with E-state index in [9.17, 15) is 9.59 Å². The fraction of sp³-hybridized carbons (Fsp3) is 0.370. The molecule has 0 spiro atoms. The number of nitrogens with two attached hydrogens (primary N) is 1. The van der Waals surface area contributed by atoms with Crippen LogP contribution in [0.1, 0.15) is 50.1 Å². The van der Waals surface area contributed by atoms with Gasteiger partial charge in [-0.2, -0.15) is 5.10 Å². The molecule has 35 heavy (non-hydrogen) atoms. The molecule has 1 aliphatic heterocycles. The van der Waals surface area contributed by atoms with Crippen LogP contribution >= 0.6 is 0 Å². The molecule has 0 aliphatic carbocycles. The van der Waals surface area contributed by atoms with Crippen LogP contribution in [0.2, 0.25) is 0 Å². The molecule has 0 saturated heterocycles. The lowest BCUT2D eigenvalue weighted by atomic mass is 9.99. The van der Waals surface area contributed by atoms with Crippen molar-refractivity contribution in [2.24, 2.45) is 5.73 Å². The standard InChI is InChI=1S/C27H33N5O3/c1-6-18-9-7-8-17(2)23(18)32-24(19-10-12-20(13-11-19)29-25(28)33)21-16-31(15-14-22(21)30-32)26(34)35-27(3,4)5/h7-13H,6,14-16H2,1-5H3,(H3,28,29,33). The van der Waals surface area contributed by atoms with Crippen molar-refractivity contribution in [1.29, 1.82) is 0 Å².